The van der Waals surface area contributed by atoms with Crippen molar-refractivity contribution in [2.45, 2.75) is 20.4 Å². The van der Waals surface area contributed by atoms with Crippen molar-refractivity contribution in [2.24, 2.45) is 0 Å². The van der Waals surface area contributed by atoms with E-state index in [2.05, 4.69) is 15.9 Å². The van der Waals surface area contributed by atoms with E-state index in [1.54, 1.807) is 6.92 Å². The van der Waals surface area contributed by atoms with Gasteiger partial charge in [-0.25, -0.2) is 4.39 Å². The first-order valence-electron chi connectivity index (χ1n) is 4.27. The summed E-state index contributed by atoms with van der Waals surface area (Å²) < 4.78 is 14.1. The van der Waals surface area contributed by atoms with E-state index in [0.717, 1.165) is 20.7 Å². The number of hydroxylamine groups is 2. The summed E-state index contributed by atoms with van der Waals surface area (Å²) in [7, 11) is 1.53. The molecule has 0 bridgehead atoms. The van der Waals surface area contributed by atoms with Gasteiger partial charge < -0.3 is 5.21 Å². The molecule has 0 aliphatic carbocycles. The Hall–Kier alpha value is -0.450. The molecule has 0 amide bonds. The second kappa shape index (κ2) is 4.38. The molecule has 0 heterocycles. The third kappa shape index (κ3) is 2.32. The van der Waals surface area contributed by atoms with Crippen LogP contribution in [0.5, 0.6) is 0 Å². The minimum Gasteiger partial charge on any atom is -0.314 e. The summed E-state index contributed by atoms with van der Waals surface area (Å²) in [6.45, 7) is 3.94. The molecule has 0 saturated carbocycles. The van der Waals surface area contributed by atoms with E-state index in [-0.39, 0.29) is 5.82 Å². The van der Waals surface area contributed by atoms with Crippen molar-refractivity contribution < 1.29 is 9.60 Å². The van der Waals surface area contributed by atoms with Gasteiger partial charge in [-0.2, -0.15) is 5.06 Å². The molecular formula is C10H13BrFNO. The lowest BCUT2D eigenvalue weighted by Gasteiger charge is -2.14. The number of hydrogen-bond donors (Lipinski definition) is 1. The second-order valence-corrected chi connectivity index (χ2v) is 4.19. The summed E-state index contributed by atoms with van der Waals surface area (Å²) in [6.07, 6.45) is 0. The summed E-state index contributed by atoms with van der Waals surface area (Å²) in [4.78, 5) is 0. The van der Waals surface area contributed by atoms with Crippen LogP contribution in [0, 0.1) is 19.7 Å². The number of hydrogen-bond acceptors (Lipinski definition) is 2. The van der Waals surface area contributed by atoms with Gasteiger partial charge in [0, 0.05) is 18.1 Å². The summed E-state index contributed by atoms with van der Waals surface area (Å²) in [5.74, 6) is -0.251. The molecule has 2 nitrogen and oxygen atoms in total. The first-order valence-corrected chi connectivity index (χ1v) is 5.07. The van der Waals surface area contributed by atoms with Crippen LogP contribution < -0.4 is 0 Å². The number of rotatable bonds is 2. The van der Waals surface area contributed by atoms with Gasteiger partial charge in [0.25, 0.3) is 0 Å². The van der Waals surface area contributed by atoms with E-state index in [1.807, 2.05) is 6.92 Å². The fourth-order valence-electron chi connectivity index (χ4n) is 1.31. The first-order chi connectivity index (χ1) is 6.43. The van der Waals surface area contributed by atoms with Crippen LogP contribution in [0.3, 0.4) is 0 Å². The largest absolute Gasteiger partial charge is 0.314 e. The maximum atomic E-state index is 13.3. The zero-order valence-electron chi connectivity index (χ0n) is 8.43. The lowest BCUT2D eigenvalue weighted by atomic mass is 10.1. The monoisotopic (exact) mass is 261 g/mol. The molecule has 0 spiro atoms. The second-order valence-electron chi connectivity index (χ2n) is 3.40. The van der Waals surface area contributed by atoms with Crippen molar-refractivity contribution in [2.75, 3.05) is 7.05 Å². The van der Waals surface area contributed by atoms with Gasteiger partial charge in [0.05, 0.1) is 0 Å². The van der Waals surface area contributed by atoms with E-state index < -0.39 is 0 Å². The third-order valence-corrected chi connectivity index (χ3v) is 3.39. The van der Waals surface area contributed by atoms with E-state index in [9.17, 15) is 4.39 Å². The molecule has 0 saturated heterocycles. The summed E-state index contributed by atoms with van der Waals surface area (Å²) >= 11 is 3.33. The molecule has 0 radical (unpaired) electrons. The molecule has 1 rings (SSSR count). The molecule has 0 aliphatic rings. The van der Waals surface area contributed by atoms with Gasteiger partial charge in [0.2, 0.25) is 0 Å². The third-order valence-electron chi connectivity index (χ3n) is 2.20. The van der Waals surface area contributed by atoms with Crippen LogP contribution in [-0.2, 0) is 6.54 Å². The molecule has 0 fully saturated rings. The highest BCUT2D eigenvalue weighted by Gasteiger charge is 2.11. The zero-order valence-corrected chi connectivity index (χ0v) is 10.0. The molecule has 1 aromatic carbocycles. The maximum absolute atomic E-state index is 13.3. The predicted octanol–water partition coefficient (Wildman–Crippen LogP) is 3.03. The predicted molar refractivity (Wildman–Crippen MR) is 56.8 cm³/mol. The highest BCUT2D eigenvalue weighted by Crippen LogP contribution is 2.26. The molecular weight excluding hydrogens is 249 g/mol. The smallest absolute Gasteiger partial charge is 0.127 e. The van der Waals surface area contributed by atoms with Crippen LogP contribution in [0.4, 0.5) is 4.39 Å². The average molecular weight is 262 g/mol. The van der Waals surface area contributed by atoms with Crippen LogP contribution >= 0.6 is 15.9 Å². The number of benzene rings is 1. The number of nitrogens with zero attached hydrogens (tertiary/aromatic N) is 1. The first kappa shape index (κ1) is 11.6. The molecule has 0 aliphatic heterocycles. The van der Waals surface area contributed by atoms with Crippen molar-refractivity contribution in [3.8, 4) is 0 Å². The molecule has 0 unspecified atom stereocenters. The van der Waals surface area contributed by atoms with E-state index >= 15 is 0 Å². The Bertz CT molecular complexity index is 352. The van der Waals surface area contributed by atoms with E-state index in [4.69, 9.17) is 5.21 Å². The fraction of sp³-hybridized carbons (Fsp3) is 0.400. The van der Waals surface area contributed by atoms with E-state index in [1.165, 1.54) is 13.1 Å². The Kier molecular flexibility index (Phi) is 3.64. The summed E-state index contributed by atoms with van der Waals surface area (Å²) in [5.41, 5.74) is 2.35. The zero-order chi connectivity index (χ0) is 10.9. The highest BCUT2D eigenvalue weighted by atomic mass is 79.9. The molecule has 0 atom stereocenters. The van der Waals surface area contributed by atoms with Crippen LogP contribution in [0.15, 0.2) is 10.5 Å². The van der Waals surface area contributed by atoms with Gasteiger partial charge in [-0.1, -0.05) is 15.9 Å². The van der Waals surface area contributed by atoms with Crippen molar-refractivity contribution in [3.63, 3.8) is 0 Å². The van der Waals surface area contributed by atoms with Gasteiger partial charge in [-0.15, -0.1) is 0 Å². The van der Waals surface area contributed by atoms with Crippen LogP contribution in [0.25, 0.3) is 0 Å². The molecule has 0 aromatic heterocycles. The molecule has 78 valence electrons. The Labute approximate surface area is 91.4 Å². The van der Waals surface area contributed by atoms with Gasteiger partial charge >= 0.3 is 0 Å². The van der Waals surface area contributed by atoms with Gasteiger partial charge in [0.1, 0.15) is 5.82 Å². The fourth-order valence-corrected chi connectivity index (χ4v) is 1.75. The SMILES string of the molecule is Cc1c(F)cc(CN(C)O)c(C)c1Br. The van der Waals surface area contributed by atoms with E-state index in [0.29, 0.717) is 12.1 Å². The maximum Gasteiger partial charge on any atom is 0.127 e. The average Bonchev–Trinajstić information content (AvgIpc) is 2.10. The number of halogens is 2. The van der Waals surface area contributed by atoms with Gasteiger partial charge in [0.15, 0.2) is 0 Å². The van der Waals surface area contributed by atoms with Crippen LogP contribution in [0.2, 0.25) is 0 Å². The highest BCUT2D eigenvalue weighted by molar-refractivity contribution is 9.10. The lowest BCUT2D eigenvalue weighted by Crippen LogP contribution is -2.13. The molecule has 14 heavy (non-hydrogen) atoms. The quantitative estimate of drug-likeness (QED) is 0.828. The minimum atomic E-state index is -0.251. The standard InChI is InChI=1S/C10H13BrFNO/c1-6-8(5-13(3)14)4-9(12)7(2)10(6)11/h4,14H,5H2,1-3H3. The van der Waals surface area contributed by atoms with Crippen molar-refractivity contribution in [1.29, 1.82) is 0 Å². The van der Waals surface area contributed by atoms with Gasteiger partial charge in [-0.3, -0.25) is 0 Å². The summed E-state index contributed by atoms with van der Waals surface area (Å²) in [5, 5.41) is 10.1. The summed E-state index contributed by atoms with van der Waals surface area (Å²) in [6, 6.07) is 1.46. The normalized spacial score (nSPS) is 11.1. The van der Waals surface area contributed by atoms with Crippen molar-refractivity contribution in [3.05, 3.63) is 33.0 Å². The van der Waals surface area contributed by atoms with Crippen LogP contribution in [-0.4, -0.2) is 17.3 Å². The van der Waals surface area contributed by atoms with Crippen LogP contribution in [0.1, 0.15) is 16.7 Å². The molecule has 1 N–H and O–H groups in total. The molecule has 4 heteroatoms. The topological polar surface area (TPSA) is 23.5 Å². The van der Waals surface area contributed by atoms with Crippen molar-refractivity contribution in [1.82, 2.24) is 5.06 Å². The lowest BCUT2D eigenvalue weighted by molar-refractivity contribution is -0.0733. The van der Waals surface area contributed by atoms with Gasteiger partial charge in [-0.05, 0) is 36.6 Å². The Morgan fingerprint density at radius 3 is 2.50 bits per heavy atom. The van der Waals surface area contributed by atoms with Crippen molar-refractivity contribution >= 4 is 15.9 Å². The Morgan fingerprint density at radius 1 is 1.43 bits per heavy atom. The molecule has 1 aromatic rings. The Balaban J connectivity index is 3.19. The Morgan fingerprint density at radius 2 is 2.00 bits per heavy atom. The minimum absolute atomic E-state index is 0.251.